The summed E-state index contributed by atoms with van der Waals surface area (Å²) >= 11 is 0. The third-order valence-corrected chi connectivity index (χ3v) is 4.50. The molecule has 0 saturated heterocycles. The standard InChI is InChI=1S/C24H19NO7/c1-30-21-12-8-17(23(15-21)31-2)9-13-22(26)16-6-10-20(11-7-16)32-24(27)18-4-3-5-19(14-18)25(28)29/h3-15H,1-2H3. The summed E-state index contributed by atoms with van der Waals surface area (Å²) in [6, 6.07) is 16.5. The minimum absolute atomic E-state index is 0.0516. The van der Waals surface area contributed by atoms with Gasteiger partial charge in [0.05, 0.1) is 24.7 Å². The van der Waals surface area contributed by atoms with Crippen LogP contribution in [0.25, 0.3) is 6.08 Å². The summed E-state index contributed by atoms with van der Waals surface area (Å²) in [5.41, 5.74) is 0.949. The first kappa shape index (κ1) is 22.2. The van der Waals surface area contributed by atoms with Crippen LogP contribution in [-0.4, -0.2) is 30.9 Å². The average molecular weight is 433 g/mol. The van der Waals surface area contributed by atoms with Gasteiger partial charge in [0, 0.05) is 29.3 Å². The highest BCUT2D eigenvalue weighted by atomic mass is 16.6. The highest BCUT2D eigenvalue weighted by Crippen LogP contribution is 2.26. The highest BCUT2D eigenvalue weighted by Gasteiger charge is 2.14. The molecule has 0 atom stereocenters. The Morgan fingerprint density at radius 1 is 0.875 bits per heavy atom. The van der Waals surface area contributed by atoms with Crippen molar-refractivity contribution in [3.8, 4) is 17.2 Å². The van der Waals surface area contributed by atoms with Crippen LogP contribution in [0.2, 0.25) is 0 Å². The molecule has 3 rings (SSSR count). The fourth-order valence-corrected chi connectivity index (χ4v) is 2.82. The van der Waals surface area contributed by atoms with Gasteiger partial charge in [0.2, 0.25) is 0 Å². The Kier molecular flexibility index (Phi) is 6.97. The molecule has 0 aliphatic carbocycles. The number of esters is 1. The maximum atomic E-state index is 12.5. The first-order valence-corrected chi connectivity index (χ1v) is 9.42. The number of rotatable bonds is 8. The maximum absolute atomic E-state index is 12.5. The van der Waals surface area contributed by atoms with Gasteiger partial charge in [0.15, 0.2) is 5.78 Å². The van der Waals surface area contributed by atoms with Crippen molar-refractivity contribution >= 4 is 23.5 Å². The number of nitro benzene ring substituents is 1. The van der Waals surface area contributed by atoms with E-state index in [4.69, 9.17) is 14.2 Å². The maximum Gasteiger partial charge on any atom is 0.343 e. The lowest BCUT2D eigenvalue weighted by Gasteiger charge is -2.07. The van der Waals surface area contributed by atoms with Crippen LogP contribution in [0.4, 0.5) is 5.69 Å². The van der Waals surface area contributed by atoms with E-state index in [1.807, 2.05) is 0 Å². The monoisotopic (exact) mass is 433 g/mol. The molecule has 0 fully saturated rings. The normalized spacial score (nSPS) is 10.6. The number of carbonyl (C=O) groups is 2. The third-order valence-electron chi connectivity index (χ3n) is 4.50. The molecule has 0 heterocycles. The molecule has 0 N–H and O–H groups in total. The van der Waals surface area contributed by atoms with Gasteiger partial charge in [-0.15, -0.1) is 0 Å². The minimum atomic E-state index is -0.737. The zero-order valence-electron chi connectivity index (χ0n) is 17.3. The van der Waals surface area contributed by atoms with E-state index in [0.29, 0.717) is 22.6 Å². The van der Waals surface area contributed by atoms with Crippen molar-refractivity contribution in [2.24, 2.45) is 0 Å². The number of carbonyl (C=O) groups excluding carboxylic acids is 2. The first-order chi connectivity index (χ1) is 15.4. The second kappa shape index (κ2) is 10.0. The van der Waals surface area contributed by atoms with Gasteiger partial charge in [-0.2, -0.15) is 0 Å². The molecule has 0 spiro atoms. The minimum Gasteiger partial charge on any atom is -0.497 e. The van der Waals surface area contributed by atoms with E-state index in [-0.39, 0.29) is 22.8 Å². The summed E-state index contributed by atoms with van der Waals surface area (Å²) in [5.74, 6) is 0.426. The topological polar surface area (TPSA) is 105 Å². The van der Waals surface area contributed by atoms with Crippen LogP contribution in [-0.2, 0) is 0 Å². The highest BCUT2D eigenvalue weighted by molar-refractivity contribution is 6.07. The number of hydrogen-bond acceptors (Lipinski definition) is 7. The lowest BCUT2D eigenvalue weighted by Crippen LogP contribution is -2.09. The number of nitro groups is 1. The molecule has 3 aromatic rings. The molecule has 0 aliphatic rings. The molecule has 162 valence electrons. The second-order valence-electron chi connectivity index (χ2n) is 6.53. The predicted octanol–water partition coefficient (Wildman–Crippen LogP) is 4.73. The number of ether oxygens (including phenoxy) is 3. The Morgan fingerprint density at radius 3 is 2.25 bits per heavy atom. The van der Waals surface area contributed by atoms with E-state index in [1.165, 1.54) is 55.7 Å². The Morgan fingerprint density at radius 2 is 1.59 bits per heavy atom. The largest absolute Gasteiger partial charge is 0.497 e. The number of hydrogen-bond donors (Lipinski definition) is 0. The van der Waals surface area contributed by atoms with E-state index in [2.05, 4.69) is 0 Å². The third kappa shape index (κ3) is 5.37. The Bertz CT molecular complexity index is 1180. The number of nitrogens with zero attached hydrogens (tertiary/aromatic N) is 1. The lowest BCUT2D eigenvalue weighted by atomic mass is 10.1. The Labute approximate surface area is 183 Å². The molecule has 8 heteroatoms. The summed E-state index contributed by atoms with van der Waals surface area (Å²) < 4.78 is 15.7. The second-order valence-corrected chi connectivity index (χ2v) is 6.53. The molecule has 0 saturated carbocycles. The van der Waals surface area contributed by atoms with E-state index in [9.17, 15) is 19.7 Å². The van der Waals surface area contributed by atoms with Crippen molar-refractivity contribution in [1.29, 1.82) is 0 Å². The molecule has 0 aliphatic heterocycles. The van der Waals surface area contributed by atoms with Crippen LogP contribution in [0.3, 0.4) is 0 Å². The number of benzene rings is 3. The van der Waals surface area contributed by atoms with Crippen LogP contribution >= 0.6 is 0 Å². The molecule has 0 aromatic heterocycles. The van der Waals surface area contributed by atoms with E-state index >= 15 is 0 Å². The number of non-ortho nitro benzene ring substituents is 1. The quantitative estimate of drug-likeness (QED) is 0.126. The van der Waals surface area contributed by atoms with Gasteiger partial charge in [-0.1, -0.05) is 6.07 Å². The first-order valence-electron chi connectivity index (χ1n) is 9.42. The van der Waals surface area contributed by atoms with Gasteiger partial charge in [0.25, 0.3) is 5.69 Å². The molecular formula is C24H19NO7. The van der Waals surface area contributed by atoms with E-state index < -0.39 is 10.9 Å². The lowest BCUT2D eigenvalue weighted by molar-refractivity contribution is -0.384. The Hall–Kier alpha value is -4.46. The summed E-state index contributed by atoms with van der Waals surface area (Å²) in [4.78, 5) is 35.0. The zero-order chi connectivity index (χ0) is 23.1. The molecular weight excluding hydrogens is 414 g/mol. The predicted molar refractivity (Wildman–Crippen MR) is 117 cm³/mol. The van der Waals surface area contributed by atoms with Crippen LogP contribution < -0.4 is 14.2 Å². The fraction of sp³-hybridized carbons (Fsp3) is 0.0833. The van der Waals surface area contributed by atoms with E-state index in [0.717, 1.165) is 6.07 Å². The summed E-state index contributed by atoms with van der Waals surface area (Å²) in [6.45, 7) is 0. The number of ketones is 1. The molecule has 0 radical (unpaired) electrons. The molecule has 0 bridgehead atoms. The molecule has 0 amide bonds. The zero-order valence-corrected chi connectivity index (χ0v) is 17.3. The van der Waals surface area contributed by atoms with Gasteiger partial charge < -0.3 is 14.2 Å². The van der Waals surface area contributed by atoms with Crippen molar-refractivity contribution in [3.05, 3.63) is 99.6 Å². The van der Waals surface area contributed by atoms with Crippen LogP contribution in [0.15, 0.2) is 72.8 Å². The molecule has 32 heavy (non-hydrogen) atoms. The molecule has 3 aromatic carbocycles. The van der Waals surface area contributed by atoms with Crippen molar-refractivity contribution < 1.29 is 28.7 Å². The van der Waals surface area contributed by atoms with Crippen LogP contribution in [0.5, 0.6) is 17.2 Å². The smallest absolute Gasteiger partial charge is 0.343 e. The summed E-state index contributed by atoms with van der Waals surface area (Å²) in [5, 5.41) is 10.8. The van der Waals surface area contributed by atoms with Crippen molar-refractivity contribution in [1.82, 2.24) is 0 Å². The Balaban J connectivity index is 1.68. The van der Waals surface area contributed by atoms with Gasteiger partial charge in [-0.3, -0.25) is 14.9 Å². The summed E-state index contributed by atoms with van der Waals surface area (Å²) in [6.07, 6.45) is 3.05. The van der Waals surface area contributed by atoms with Crippen molar-refractivity contribution in [3.63, 3.8) is 0 Å². The van der Waals surface area contributed by atoms with Gasteiger partial charge in [-0.05, 0) is 54.6 Å². The number of allylic oxidation sites excluding steroid dienone is 1. The van der Waals surface area contributed by atoms with Crippen molar-refractivity contribution in [2.45, 2.75) is 0 Å². The molecule has 0 unspecified atom stereocenters. The van der Waals surface area contributed by atoms with Gasteiger partial charge in [0.1, 0.15) is 17.2 Å². The SMILES string of the molecule is COc1ccc(C=CC(=O)c2ccc(OC(=O)c3cccc([N+](=O)[O-])c3)cc2)c(OC)c1. The fourth-order valence-electron chi connectivity index (χ4n) is 2.82. The van der Waals surface area contributed by atoms with Crippen molar-refractivity contribution in [2.75, 3.05) is 14.2 Å². The average Bonchev–Trinajstić information content (AvgIpc) is 2.82. The number of methoxy groups -OCH3 is 2. The van der Waals surface area contributed by atoms with Crippen LogP contribution in [0.1, 0.15) is 26.3 Å². The van der Waals surface area contributed by atoms with E-state index in [1.54, 1.807) is 31.4 Å². The summed E-state index contributed by atoms with van der Waals surface area (Å²) in [7, 11) is 3.08. The van der Waals surface area contributed by atoms with Gasteiger partial charge >= 0.3 is 5.97 Å². The van der Waals surface area contributed by atoms with Gasteiger partial charge in [-0.25, -0.2) is 4.79 Å². The molecule has 8 nitrogen and oxygen atoms in total. The van der Waals surface area contributed by atoms with Crippen LogP contribution in [0, 0.1) is 10.1 Å².